The predicted molar refractivity (Wildman–Crippen MR) is 59.6 cm³/mol. The van der Waals surface area contributed by atoms with Crippen molar-refractivity contribution >= 4 is 11.9 Å². The molecule has 0 unspecified atom stereocenters. The summed E-state index contributed by atoms with van der Waals surface area (Å²) in [5.74, 6) is -1.25. The molecule has 0 bridgehead atoms. The number of hydrogen-bond donors (Lipinski definition) is 1. The fourth-order valence-electron chi connectivity index (χ4n) is 1.57. The third-order valence-electron chi connectivity index (χ3n) is 2.44. The molecular formula is C11H17NO5. The summed E-state index contributed by atoms with van der Waals surface area (Å²) < 4.78 is 9.75. The van der Waals surface area contributed by atoms with E-state index >= 15 is 0 Å². The van der Waals surface area contributed by atoms with Gasteiger partial charge in [-0.05, 0) is 12.0 Å². The summed E-state index contributed by atoms with van der Waals surface area (Å²) in [6.45, 7) is 1.14. The van der Waals surface area contributed by atoms with Gasteiger partial charge in [-0.1, -0.05) is 6.08 Å². The summed E-state index contributed by atoms with van der Waals surface area (Å²) in [4.78, 5) is 23.4. The fourth-order valence-corrected chi connectivity index (χ4v) is 1.57. The fraction of sp³-hybridized carbons (Fsp3) is 0.636. The van der Waals surface area contributed by atoms with Crippen molar-refractivity contribution in [3.05, 3.63) is 11.6 Å². The van der Waals surface area contributed by atoms with Gasteiger partial charge in [-0.2, -0.15) is 0 Å². The lowest BCUT2D eigenvalue weighted by Crippen LogP contribution is -2.38. The lowest BCUT2D eigenvalue weighted by Gasteiger charge is -2.26. The molecule has 0 spiro atoms. The summed E-state index contributed by atoms with van der Waals surface area (Å²) >= 11 is 0. The number of methoxy groups -OCH3 is 1. The molecule has 1 heterocycles. The van der Waals surface area contributed by atoms with Gasteiger partial charge >= 0.3 is 5.97 Å². The first-order valence-electron chi connectivity index (χ1n) is 5.37. The monoisotopic (exact) mass is 243 g/mol. The summed E-state index contributed by atoms with van der Waals surface area (Å²) in [7, 11) is 1.64. The molecule has 1 amide bonds. The Labute approximate surface area is 99.8 Å². The average Bonchev–Trinajstić information content (AvgIpc) is 2.30. The Morgan fingerprint density at radius 3 is 2.76 bits per heavy atom. The normalized spacial score (nSPS) is 15.6. The van der Waals surface area contributed by atoms with E-state index in [-0.39, 0.29) is 12.5 Å². The molecule has 0 fully saturated rings. The van der Waals surface area contributed by atoms with Crippen LogP contribution in [0.25, 0.3) is 0 Å². The molecule has 0 radical (unpaired) electrons. The van der Waals surface area contributed by atoms with Gasteiger partial charge in [-0.15, -0.1) is 0 Å². The van der Waals surface area contributed by atoms with Crippen molar-refractivity contribution < 1.29 is 24.2 Å². The van der Waals surface area contributed by atoms with E-state index in [2.05, 4.69) is 0 Å². The Morgan fingerprint density at radius 2 is 2.24 bits per heavy atom. The van der Waals surface area contributed by atoms with Gasteiger partial charge in [0.1, 0.15) is 13.2 Å². The molecule has 0 aromatic rings. The van der Waals surface area contributed by atoms with Gasteiger partial charge in [0, 0.05) is 20.2 Å². The second-order valence-corrected chi connectivity index (χ2v) is 3.77. The Kier molecular flexibility index (Phi) is 5.65. The van der Waals surface area contributed by atoms with E-state index in [0.29, 0.717) is 19.7 Å². The number of carbonyl (C=O) groups excluding carboxylic acids is 1. The maximum Gasteiger partial charge on any atom is 0.329 e. The van der Waals surface area contributed by atoms with E-state index in [1.54, 1.807) is 12.0 Å². The molecule has 1 N–H and O–H groups in total. The number of ether oxygens (including phenoxy) is 2. The Hall–Kier alpha value is -1.40. The number of carboxylic acids is 1. The molecule has 1 aliphatic heterocycles. The standard InChI is InChI=1S/C11H17NO5/c1-16-6-9-2-4-12(5-3-9)10(13)7-17-8-11(14)15/h2H,3-8H2,1H3,(H,14,15). The molecule has 0 aromatic heterocycles. The summed E-state index contributed by atoms with van der Waals surface area (Å²) in [6.07, 6.45) is 2.75. The van der Waals surface area contributed by atoms with Crippen molar-refractivity contribution in [3.63, 3.8) is 0 Å². The van der Waals surface area contributed by atoms with Crippen LogP contribution < -0.4 is 0 Å². The average molecular weight is 243 g/mol. The van der Waals surface area contributed by atoms with Gasteiger partial charge in [0.2, 0.25) is 5.91 Å². The van der Waals surface area contributed by atoms with E-state index in [9.17, 15) is 9.59 Å². The summed E-state index contributed by atoms with van der Waals surface area (Å²) in [6, 6.07) is 0. The van der Waals surface area contributed by atoms with Crippen LogP contribution in [0.5, 0.6) is 0 Å². The molecule has 0 saturated carbocycles. The number of carbonyl (C=O) groups is 2. The largest absolute Gasteiger partial charge is 0.480 e. The van der Waals surface area contributed by atoms with Gasteiger partial charge in [-0.25, -0.2) is 4.79 Å². The molecule has 17 heavy (non-hydrogen) atoms. The Morgan fingerprint density at radius 1 is 1.47 bits per heavy atom. The number of nitrogens with zero attached hydrogens (tertiary/aromatic N) is 1. The second kappa shape index (κ2) is 7.03. The van der Waals surface area contributed by atoms with Gasteiger partial charge in [-0.3, -0.25) is 4.79 Å². The van der Waals surface area contributed by atoms with Crippen molar-refractivity contribution in [1.82, 2.24) is 4.90 Å². The summed E-state index contributed by atoms with van der Waals surface area (Å²) in [5.41, 5.74) is 1.18. The molecule has 6 heteroatoms. The highest BCUT2D eigenvalue weighted by atomic mass is 16.5. The van der Waals surface area contributed by atoms with E-state index < -0.39 is 12.6 Å². The van der Waals surface area contributed by atoms with Crippen LogP contribution in [0.4, 0.5) is 0 Å². The molecule has 6 nitrogen and oxygen atoms in total. The van der Waals surface area contributed by atoms with Gasteiger partial charge < -0.3 is 19.5 Å². The second-order valence-electron chi connectivity index (χ2n) is 3.77. The van der Waals surface area contributed by atoms with Crippen molar-refractivity contribution in [2.24, 2.45) is 0 Å². The number of hydrogen-bond acceptors (Lipinski definition) is 4. The Balaban J connectivity index is 2.28. The van der Waals surface area contributed by atoms with E-state index in [1.165, 1.54) is 5.57 Å². The van der Waals surface area contributed by atoms with Crippen LogP contribution in [0.3, 0.4) is 0 Å². The minimum atomic E-state index is -1.07. The van der Waals surface area contributed by atoms with Crippen LogP contribution in [0.1, 0.15) is 6.42 Å². The topological polar surface area (TPSA) is 76.1 Å². The van der Waals surface area contributed by atoms with Crippen LogP contribution in [0, 0.1) is 0 Å². The third kappa shape index (κ3) is 4.97. The van der Waals surface area contributed by atoms with Crippen LogP contribution in [-0.4, -0.2) is 61.9 Å². The first kappa shape index (κ1) is 13.7. The molecule has 0 saturated heterocycles. The zero-order valence-corrected chi connectivity index (χ0v) is 9.85. The molecule has 96 valence electrons. The first-order chi connectivity index (χ1) is 8.13. The lowest BCUT2D eigenvalue weighted by molar-refractivity contribution is -0.145. The SMILES string of the molecule is COCC1=CCN(C(=O)COCC(=O)O)CC1. The number of carboxylic acid groups (broad SMARTS) is 1. The number of amides is 1. The predicted octanol–water partition coefficient (Wildman–Crippen LogP) is -0.107. The van der Waals surface area contributed by atoms with Crippen LogP contribution in [0.15, 0.2) is 11.6 Å². The quantitative estimate of drug-likeness (QED) is 0.659. The van der Waals surface area contributed by atoms with Crippen molar-refractivity contribution in [1.29, 1.82) is 0 Å². The maximum atomic E-state index is 11.6. The van der Waals surface area contributed by atoms with Crippen LogP contribution in [0.2, 0.25) is 0 Å². The van der Waals surface area contributed by atoms with Crippen LogP contribution in [-0.2, 0) is 19.1 Å². The van der Waals surface area contributed by atoms with Crippen molar-refractivity contribution in [3.8, 4) is 0 Å². The molecule has 0 aliphatic carbocycles. The van der Waals surface area contributed by atoms with Gasteiger partial charge in [0.15, 0.2) is 0 Å². The molecule has 1 aliphatic rings. The highest BCUT2D eigenvalue weighted by molar-refractivity contribution is 5.78. The maximum absolute atomic E-state index is 11.6. The highest BCUT2D eigenvalue weighted by Gasteiger charge is 2.17. The van der Waals surface area contributed by atoms with Crippen LogP contribution >= 0.6 is 0 Å². The molecular weight excluding hydrogens is 226 g/mol. The molecule has 0 atom stereocenters. The zero-order chi connectivity index (χ0) is 12.7. The Bertz CT molecular complexity index is 313. The lowest BCUT2D eigenvalue weighted by atomic mass is 10.1. The minimum Gasteiger partial charge on any atom is -0.480 e. The van der Waals surface area contributed by atoms with E-state index in [1.807, 2.05) is 6.08 Å². The molecule has 0 aromatic carbocycles. The van der Waals surface area contributed by atoms with Crippen molar-refractivity contribution in [2.45, 2.75) is 6.42 Å². The molecule has 1 rings (SSSR count). The van der Waals surface area contributed by atoms with E-state index in [4.69, 9.17) is 14.6 Å². The summed E-state index contributed by atoms with van der Waals surface area (Å²) in [5, 5.41) is 8.36. The van der Waals surface area contributed by atoms with Crippen molar-refractivity contribution in [2.75, 3.05) is 40.0 Å². The number of aliphatic carboxylic acids is 1. The minimum absolute atomic E-state index is 0.181. The van der Waals surface area contributed by atoms with Gasteiger partial charge in [0.25, 0.3) is 0 Å². The highest BCUT2D eigenvalue weighted by Crippen LogP contribution is 2.10. The van der Waals surface area contributed by atoms with Gasteiger partial charge in [0.05, 0.1) is 6.61 Å². The number of rotatable bonds is 6. The third-order valence-corrected chi connectivity index (χ3v) is 2.44. The smallest absolute Gasteiger partial charge is 0.329 e. The zero-order valence-electron chi connectivity index (χ0n) is 9.85. The first-order valence-corrected chi connectivity index (χ1v) is 5.37. The van der Waals surface area contributed by atoms with E-state index in [0.717, 1.165) is 6.42 Å².